The maximum atomic E-state index is 5.82. The van der Waals surface area contributed by atoms with Crippen LogP contribution in [0.4, 0.5) is 5.95 Å². The second-order valence-electron chi connectivity index (χ2n) is 4.03. The molecule has 0 radical (unpaired) electrons. The summed E-state index contributed by atoms with van der Waals surface area (Å²) < 4.78 is 5.39. The van der Waals surface area contributed by atoms with E-state index in [1.54, 1.807) is 11.3 Å². The Balaban J connectivity index is 1.93. The van der Waals surface area contributed by atoms with Crippen molar-refractivity contribution in [1.82, 2.24) is 19.9 Å². The van der Waals surface area contributed by atoms with Gasteiger partial charge in [0.25, 0.3) is 0 Å². The summed E-state index contributed by atoms with van der Waals surface area (Å²) in [6.45, 7) is 4.46. The van der Waals surface area contributed by atoms with Crippen LogP contribution in [0.2, 0.25) is 5.28 Å². The number of hydrogen-bond acceptors (Lipinski definition) is 7. The Kier molecular flexibility index (Phi) is 4.86. The topological polar surface area (TPSA) is 72.8 Å². The molecule has 0 aliphatic rings. The maximum absolute atomic E-state index is 5.82. The molecule has 6 nitrogen and oxygen atoms in total. The van der Waals surface area contributed by atoms with E-state index in [2.05, 4.69) is 25.3 Å². The third-order valence-electron chi connectivity index (χ3n) is 2.08. The number of halogens is 1. The fraction of sp³-hybridized carbons (Fsp3) is 0.455. The molecule has 2 aromatic rings. The highest BCUT2D eigenvalue weighted by atomic mass is 35.5. The van der Waals surface area contributed by atoms with Crippen molar-refractivity contribution in [1.29, 1.82) is 0 Å². The number of anilines is 1. The summed E-state index contributed by atoms with van der Waals surface area (Å²) in [6.07, 6.45) is 0.786. The second-order valence-corrected chi connectivity index (χ2v) is 5.09. The molecule has 2 rings (SSSR count). The van der Waals surface area contributed by atoms with Gasteiger partial charge in [-0.1, -0.05) is 0 Å². The van der Waals surface area contributed by atoms with Crippen molar-refractivity contribution in [2.45, 2.75) is 26.4 Å². The van der Waals surface area contributed by atoms with Gasteiger partial charge in [0, 0.05) is 18.3 Å². The first-order chi connectivity index (χ1) is 9.13. The molecule has 0 saturated carbocycles. The predicted molar refractivity (Wildman–Crippen MR) is 74.9 cm³/mol. The first-order valence-electron chi connectivity index (χ1n) is 5.82. The van der Waals surface area contributed by atoms with E-state index in [4.69, 9.17) is 16.3 Å². The fourth-order valence-corrected chi connectivity index (χ4v) is 2.08. The lowest BCUT2D eigenvalue weighted by molar-refractivity contribution is 0.222. The van der Waals surface area contributed by atoms with Gasteiger partial charge in [-0.3, -0.25) is 0 Å². The van der Waals surface area contributed by atoms with Gasteiger partial charge in [-0.15, -0.1) is 11.3 Å². The number of rotatable bonds is 6. The normalized spacial score (nSPS) is 10.7. The summed E-state index contributed by atoms with van der Waals surface area (Å²) in [5, 5.41) is 5.20. The van der Waals surface area contributed by atoms with Crippen LogP contribution in [0.25, 0.3) is 0 Å². The van der Waals surface area contributed by atoms with Crippen LogP contribution in [-0.2, 0) is 6.42 Å². The summed E-state index contributed by atoms with van der Waals surface area (Å²) in [7, 11) is 0. The van der Waals surface area contributed by atoms with Gasteiger partial charge in [-0.2, -0.15) is 15.0 Å². The quantitative estimate of drug-likeness (QED) is 0.883. The molecular formula is C11H14ClN5OS. The van der Waals surface area contributed by atoms with Gasteiger partial charge in [0.05, 0.1) is 17.3 Å². The summed E-state index contributed by atoms with van der Waals surface area (Å²) >= 11 is 7.40. The van der Waals surface area contributed by atoms with Crippen molar-refractivity contribution in [2.75, 3.05) is 11.9 Å². The summed E-state index contributed by atoms with van der Waals surface area (Å²) in [5.41, 5.74) is 2.85. The van der Waals surface area contributed by atoms with E-state index < -0.39 is 0 Å². The number of thiazole rings is 1. The highest BCUT2D eigenvalue weighted by Crippen LogP contribution is 2.12. The third kappa shape index (κ3) is 4.60. The highest BCUT2D eigenvalue weighted by molar-refractivity contribution is 7.07. The Morgan fingerprint density at radius 3 is 2.89 bits per heavy atom. The van der Waals surface area contributed by atoms with Crippen molar-refractivity contribution in [3.63, 3.8) is 0 Å². The molecule has 0 saturated heterocycles. The van der Waals surface area contributed by atoms with Gasteiger partial charge in [0.2, 0.25) is 11.2 Å². The van der Waals surface area contributed by atoms with Crippen LogP contribution in [0, 0.1) is 0 Å². The van der Waals surface area contributed by atoms with E-state index in [1.165, 1.54) is 0 Å². The van der Waals surface area contributed by atoms with E-state index >= 15 is 0 Å². The lowest BCUT2D eigenvalue weighted by Crippen LogP contribution is -2.13. The fourth-order valence-electron chi connectivity index (χ4n) is 1.34. The molecule has 0 unspecified atom stereocenters. The molecular weight excluding hydrogens is 286 g/mol. The molecule has 2 heterocycles. The average Bonchev–Trinajstić information content (AvgIpc) is 2.80. The van der Waals surface area contributed by atoms with Crippen molar-refractivity contribution >= 4 is 28.9 Å². The van der Waals surface area contributed by atoms with E-state index in [-0.39, 0.29) is 17.4 Å². The van der Waals surface area contributed by atoms with Crippen LogP contribution in [-0.4, -0.2) is 32.6 Å². The molecule has 19 heavy (non-hydrogen) atoms. The highest BCUT2D eigenvalue weighted by Gasteiger charge is 2.07. The zero-order valence-corrected chi connectivity index (χ0v) is 12.2. The van der Waals surface area contributed by atoms with E-state index in [0.29, 0.717) is 12.5 Å². The van der Waals surface area contributed by atoms with Crippen molar-refractivity contribution in [3.8, 4) is 6.01 Å². The van der Waals surface area contributed by atoms with Gasteiger partial charge in [0.15, 0.2) is 0 Å². The zero-order valence-electron chi connectivity index (χ0n) is 10.6. The summed E-state index contributed by atoms with van der Waals surface area (Å²) in [6, 6.07) is 0.228. The van der Waals surface area contributed by atoms with Crippen molar-refractivity contribution in [2.24, 2.45) is 0 Å². The Bertz CT molecular complexity index is 520. The molecule has 0 aliphatic heterocycles. The summed E-state index contributed by atoms with van der Waals surface area (Å²) in [4.78, 5) is 16.2. The van der Waals surface area contributed by atoms with Crippen LogP contribution < -0.4 is 10.1 Å². The monoisotopic (exact) mass is 299 g/mol. The number of ether oxygens (including phenoxy) is 1. The zero-order chi connectivity index (χ0) is 13.7. The number of nitrogens with zero attached hydrogens (tertiary/aromatic N) is 4. The van der Waals surface area contributed by atoms with Gasteiger partial charge in [-0.25, -0.2) is 4.98 Å². The molecule has 2 aromatic heterocycles. The minimum absolute atomic E-state index is 0.0127. The molecule has 0 spiro atoms. The smallest absolute Gasteiger partial charge is 0.322 e. The Labute approximate surface area is 120 Å². The number of nitrogens with one attached hydrogen (secondary N) is 1. The SMILES string of the molecule is CC(C)Oc1nc(Cl)nc(NCCc2cscn2)n1. The molecule has 0 fully saturated rings. The minimum Gasteiger partial charge on any atom is -0.461 e. The molecule has 8 heteroatoms. The van der Waals surface area contributed by atoms with Crippen molar-refractivity contribution in [3.05, 3.63) is 21.9 Å². The molecule has 0 aliphatic carbocycles. The maximum Gasteiger partial charge on any atom is 0.322 e. The van der Waals surface area contributed by atoms with E-state index in [1.807, 2.05) is 24.7 Å². The Hall–Kier alpha value is -1.47. The Morgan fingerprint density at radius 2 is 2.21 bits per heavy atom. The van der Waals surface area contributed by atoms with Crippen LogP contribution in [0.15, 0.2) is 10.9 Å². The lowest BCUT2D eigenvalue weighted by atomic mass is 10.3. The van der Waals surface area contributed by atoms with E-state index in [0.717, 1.165) is 12.1 Å². The molecule has 0 amide bonds. The summed E-state index contributed by atoms with van der Waals surface area (Å²) in [5.74, 6) is 0.408. The average molecular weight is 300 g/mol. The largest absolute Gasteiger partial charge is 0.461 e. The van der Waals surface area contributed by atoms with Crippen molar-refractivity contribution < 1.29 is 4.74 Å². The first kappa shape index (κ1) is 14.0. The molecule has 102 valence electrons. The van der Waals surface area contributed by atoms with Gasteiger partial charge >= 0.3 is 6.01 Å². The van der Waals surface area contributed by atoms with Crippen LogP contribution in [0.3, 0.4) is 0 Å². The van der Waals surface area contributed by atoms with Crippen LogP contribution in [0.1, 0.15) is 19.5 Å². The molecule has 0 bridgehead atoms. The van der Waals surface area contributed by atoms with Gasteiger partial charge in [-0.05, 0) is 25.4 Å². The van der Waals surface area contributed by atoms with Gasteiger partial charge < -0.3 is 10.1 Å². The molecule has 1 N–H and O–H groups in total. The van der Waals surface area contributed by atoms with Crippen LogP contribution >= 0.6 is 22.9 Å². The standard InChI is InChI=1S/C11H14ClN5OS/c1-7(2)18-11-16-9(12)15-10(17-11)13-4-3-8-5-19-6-14-8/h5-7H,3-4H2,1-2H3,(H,13,15,16,17). The lowest BCUT2D eigenvalue weighted by Gasteiger charge is -2.09. The predicted octanol–water partition coefficient (Wildman–Crippen LogP) is 2.42. The third-order valence-corrected chi connectivity index (χ3v) is 2.88. The minimum atomic E-state index is -0.0127. The second kappa shape index (κ2) is 6.63. The number of hydrogen-bond donors (Lipinski definition) is 1. The van der Waals surface area contributed by atoms with E-state index in [9.17, 15) is 0 Å². The molecule has 0 aromatic carbocycles. The van der Waals surface area contributed by atoms with Gasteiger partial charge in [0.1, 0.15) is 0 Å². The number of aromatic nitrogens is 4. The molecule has 0 atom stereocenters. The van der Waals surface area contributed by atoms with Crippen LogP contribution in [0.5, 0.6) is 6.01 Å². The Morgan fingerprint density at radius 1 is 1.37 bits per heavy atom. The first-order valence-corrected chi connectivity index (χ1v) is 7.14.